The summed E-state index contributed by atoms with van der Waals surface area (Å²) in [5.74, 6) is 0. The van der Waals surface area contributed by atoms with Gasteiger partial charge in [0.15, 0.2) is 0 Å². The minimum Gasteiger partial charge on any atom is -0.395 e. The molecule has 0 aliphatic carbocycles. The molecule has 0 unspecified atom stereocenters. The van der Waals surface area contributed by atoms with Gasteiger partial charge in [0.05, 0.1) is 24.2 Å². The Bertz CT molecular complexity index is 292. The number of nitrogens with zero attached hydrogens (tertiary/aromatic N) is 2. The maximum absolute atomic E-state index is 8.99. The molecule has 16 heavy (non-hydrogen) atoms. The summed E-state index contributed by atoms with van der Waals surface area (Å²) in [6.07, 6.45) is 2.87. The summed E-state index contributed by atoms with van der Waals surface area (Å²) in [6.45, 7) is 5.77. The zero-order valence-corrected chi connectivity index (χ0v) is 10.1. The molecule has 1 heterocycles. The van der Waals surface area contributed by atoms with Crippen molar-refractivity contribution in [3.63, 3.8) is 0 Å². The van der Waals surface area contributed by atoms with E-state index in [-0.39, 0.29) is 12.6 Å². The summed E-state index contributed by atoms with van der Waals surface area (Å²) in [6, 6.07) is 3.92. The van der Waals surface area contributed by atoms with Crippen LogP contribution in [0.4, 0.5) is 5.69 Å². The first kappa shape index (κ1) is 12.9. The highest BCUT2D eigenvalue weighted by molar-refractivity contribution is 5.44. The molecule has 0 aromatic carbocycles. The third-order valence-corrected chi connectivity index (χ3v) is 2.47. The lowest BCUT2D eigenvalue weighted by Gasteiger charge is -2.23. The van der Waals surface area contributed by atoms with Gasteiger partial charge in [-0.25, -0.2) is 0 Å². The number of hydrogen-bond acceptors (Lipinski definition) is 4. The van der Waals surface area contributed by atoms with Crippen molar-refractivity contribution in [2.75, 3.05) is 24.6 Å². The molecule has 1 aromatic rings. The molecule has 4 nitrogen and oxygen atoms in total. The number of hydrogen-bond donors (Lipinski definition) is 2. The fourth-order valence-electron chi connectivity index (χ4n) is 1.61. The van der Waals surface area contributed by atoms with Gasteiger partial charge in [-0.3, -0.25) is 4.98 Å². The molecule has 0 spiro atoms. The first-order valence-corrected chi connectivity index (χ1v) is 5.76. The number of pyridine rings is 1. The van der Waals surface area contributed by atoms with Crippen molar-refractivity contribution >= 4 is 5.69 Å². The summed E-state index contributed by atoms with van der Waals surface area (Å²) in [4.78, 5) is 6.44. The van der Waals surface area contributed by atoms with E-state index in [1.807, 2.05) is 25.3 Å². The van der Waals surface area contributed by atoms with E-state index >= 15 is 0 Å². The van der Waals surface area contributed by atoms with E-state index in [0.29, 0.717) is 6.54 Å². The predicted octanol–water partition coefficient (Wildman–Crippen LogP) is 1.31. The smallest absolute Gasteiger partial charge is 0.0606 e. The molecule has 0 amide bonds. The van der Waals surface area contributed by atoms with Gasteiger partial charge < -0.3 is 15.7 Å². The zero-order chi connectivity index (χ0) is 12.0. The average molecular weight is 223 g/mol. The van der Waals surface area contributed by atoms with Gasteiger partial charge >= 0.3 is 0 Å². The molecule has 1 aromatic heterocycles. The van der Waals surface area contributed by atoms with E-state index < -0.39 is 0 Å². The van der Waals surface area contributed by atoms with Gasteiger partial charge in [0.25, 0.3) is 0 Å². The minimum atomic E-state index is -0.0356. The third kappa shape index (κ3) is 3.47. The van der Waals surface area contributed by atoms with Crippen molar-refractivity contribution in [3.8, 4) is 0 Å². The Balaban J connectivity index is 2.76. The molecule has 0 bridgehead atoms. The highest BCUT2D eigenvalue weighted by Gasteiger charge is 2.06. The van der Waals surface area contributed by atoms with Crippen molar-refractivity contribution in [3.05, 3.63) is 24.0 Å². The Morgan fingerprint density at radius 3 is 2.62 bits per heavy atom. The van der Waals surface area contributed by atoms with Crippen LogP contribution in [0, 0.1) is 0 Å². The molecule has 3 N–H and O–H groups in total. The summed E-state index contributed by atoms with van der Waals surface area (Å²) in [7, 11) is 0. The van der Waals surface area contributed by atoms with Gasteiger partial charge in [-0.2, -0.15) is 0 Å². The van der Waals surface area contributed by atoms with Crippen molar-refractivity contribution in [1.29, 1.82) is 0 Å². The molecule has 1 rings (SSSR count). The van der Waals surface area contributed by atoms with Crippen LogP contribution in [0.25, 0.3) is 0 Å². The molecule has 90 valence electrons. The van der Waals surface area contributed by atoms with Gasteiger partial charge in [-0.05, 0) is 25.5 Å². The molecule has 0 fully saturated rings. The molecule has 1 atom stereocenters. The van der Waals surface area contributed by atoms with E-state index in [0.717, 1.165) is 24.3 Å². The van der Waals surface area contributed by atoms with Crippen LogP contribution < -0.4 is 10.6 Å². The van der Waals surface area contributed by atoms with Gasteiger partial charge in [0.2, 0.25) is 0 Å². The standard InChI is InChI=1S/C12H21N3O/c1-3-6-15(7-8-16)11-4-5-12(10(2)13)14-9-11/h4-5,9-10,16H,3,6-8,13H2,1-2H3/t10-/m0/s1. The van der Waals surface area contributed by atoms with E-state index in [4.69, 9.17) is 10.8 Å². The lowest BCUT2D eigenvalue weighted by atomic mass is 10.2. The Morgan fingerprint density at radius 1 is 1.44 bits per heavy atom. The number of aromatic nitrogens is 1. The molecular formula is C12H21N3O. The van der Waals surface area contributed by atoms with E-state index in [2.05, 4.69) is 16.8 Å². The number of nitrogens with two attached hydrogens (primary N) is 1. The fraction of sp³-hybridized carbons (Fsp3) is 0.583. The van der Waals surface area contributed by atoms with Crippen molar-refractivity contribution in [2.45, 2.75) is 26.3 Å². The Morgan fingerprint density at radius 2 is 2.19 bits per heavy atom. The van der Waals surface area contributed by atoms with Gasteiger partial charge in [0.1, 0.15) is 0 Å². The van der Waals surface area contributed by atoms with Crippen LogP contribution in [0.1, 0.15) is 32.0 Å². The Kier molecular flexibility index (Phi) is 5.22. The molecule has 0 aliphatic rings. The Hall–Kier alpha value is -1.13. The van der Waals surface area contributed by atoms with E-state index in [9.17, 15) is 0 Å². The lowest BCUT2D eigenvalue weighted by Crippen LogP contribution is -2.27. The number of rotatable bonds is 6. The van der Waals surface area contributed by atoms with Crippen LogP contribution in [0.3, 0.4) is 0 Å². The van der Waals surface area contributed by atoms with Crippen molar-refractivity contribution in [2.24, 2.45) is 5.73 Å². The van der Waals surface area contributed by atoms with Crippen LogP contribution >= 0.6 is 0 Å². The van der Waals surface area contributed by atoms with Crippen LogP contribution in [-0.2, 0) is 0 Å². The normalized spacial score (nSPS) is 12.5. The molecule has 0 radical (unpaired) electrons. The van der Waals surface area contributed by atoms with Crippen molar-refractivity contribution in [1.82, 2.24) is 4.98 Å². The SMILES string of the molecule is CCCN(CCO)c1ccc([C@H](C)N)nc1. The zero-order valence-electron chi connectivity index (χ0n) is 10.1. The summed E-state index contributed by atoms with van der Waals surface area (Å²) < 4.78 is 0. The summed E-state index contributed by atoms with van der Waals surface area (Å²) in [5.41, 5.74) is 7.68. The highest BCUT2D eigenvalue weighted by Crippen LogP contribution is 2.15. The molecular weight excluding hydrogens is 202 g/mol. The van der Waals surface area contributed by atoms with Crippen LogP contribution in [0.5, 0.6) is 0 Å². The van der Waals surface area contributed by atoms with Gasteiger partial charge in [0, 0.05) is 19.1 Å². The minimum absolute atomic E-state index is 0.0356. The largest absolute Gasteiger partial charge is 0.395 e. The van der Waals surface area contributed by atoms with Crippen LogP contribution in [0.2, 0.25) is 0 Å². The first-order chi connectivity index (χ1) is 7.69. The molecule has 0 aliphatic heterocycles. The predicted molar refractivity (Wildman–Crippen MR) is 66.4 cm³/mol. The summed E-state index contributed by atoms with van der Waals surface area (Å²) in [5, 5.41) is 8.99. The second kappa shape index (κ2) is 6.45. The molecule has 0 saturated carbocycles. The molecule has 4 heteroatoms. The van der Waals surface area contributed by atoms with Crippen molar-refractivity contribution < 1.29 is 5.11 Å². The van der Waals surface area contributed by atoms with Crippen LogP contribution in [-0.4, -0.2) is 29.8 Å². The second-order valence-corrected chi connectivity index (χ2v) is 3.94. The number of aliphatic hydroxyl groups is 1. The Labute approximate surface area is 97.1 Å². The highest BCUT2D eigenvalue weighted by atomic mass is 16.3. The quantitative estimate of drug-likeness (QED) is 0.763. The average Bonchev–Trinajstić information content (AvgIpc) is 2.29. The van der Waals surface area contributed by atoms with Crippen LogP contribution in [0.15, 0.2) is 18.3 Å². The maximum Gasteiger partial charge on any atom is 0.0606 e. The maximum atomic E-state index is 8.99. The first-order valence-electron chi connectivity index (χ1n) is 5.76. The lowest BCUT2D eigenvalue weighted by molar-refractivity contribution is 0.302. The number of aliphatic hydroxyl groups excluding tert-OH is 1. The monoisotopic (exact) mass is 223 g/mol. The van der Waals surface area contributed by atoms with E-state index in [1.165, 1.54) is 0 Å². The topological polar surface area (TPSA) is 62.4 Å². The number of anilines is 1. The van der Waals surface area contributed by atoms with E-state index in [1.54, 1.807) is 0 Å². The van der Waals surface area contributed by atoms with Gasteiger partial charge in [-0.15, -0.1) is 0 Å². The fourth-order valence-corrected chi connectivity index (χ4v) is 1.61. The van der Waals surface area contributed by atoms with Gasteiger partial charge in [-0.1, -0.05) is 6.92 Å². The second-order valence-electron chi connectivity index (χ2n) is 3.94. The molecule has 0 saturated heterocycles. The third-order valence-electron chi connectivity index (χ3n) is 2.47. The summed E-state index contributed by atoms with van der Waals surface area (Å²) >= 11 is 0.